The Bertz CT molecular complexity index is 606. The number of benzene rings is 1. The Hall–Kier alpha value is -1.40. The topological polar surface area (TPSA) is 51.1 Å². The standard InChI is InChI=1S/C12H12BrClN4O/c1-7-4-5-9(8(13)6-7)19-12-16-10(14)15-11(17-12)18(2)3/h4-6H,1-3H3. The van der Waals surface area contributed by atoms with Gasteiger partial charge in [-0.3, -0.25) is 0 Å². The molecule has 0 fully saturated rings. The molecule has 5 nitrogen and oxygen atoms in total. The van der Waals surface area contributed by atoms with Gasteiger partial charge in [0.15, 0.2) is 0 Å². The van der Waals surface area contributed by atoms with Crippen LogP contribution in [0.1, 0.15) is 5.56 Å². The van der Waals surface area contributed by atoms with Crippen LogP contribution in [0.4, 0.5) is 5.95 Å². The lowest BCUT2D eigenvalue weighted by molar-refractivity contribution is 0.437. The van der Waals surface area contributed by atoms with Crippen LogP contribution in [0.25, 0.3) is 0 Å². The van der Waals surface area contributed by atoms with Crippen molar-refractivity contribution >= 4 is 33.5 Å². The van der Waals surface area contributed by atoms with Gasteiger partial charge in [0.2, 0.25) is 11.2 Å². The highest BCUT2D eigenvalue weighted by atomic mass is 79.9. The summed E-state index contributed by atoms with van der Waals surface area (Å²) in [5, 5.41) is 0.0944. The molecule has 1 aromatic heterocycles. The zero-order valence-corrected chi connectivity index (χ0v) is 13.0. The molecule has 2 aromatic rings. The molecule has 0 aliphatic heterocycles. The molecular weight excluding hydrogens is 332 g/mol. The molecule has 0 saturated carbocycles. The van der Waals surface area contributed by atoms with Gasteiger partial charge in [-0.2, -0.15) is 15.0 Å². The van der Waals surface area contributed by atoms with E-state index in [0.717, 1.165) is 10.0 Å². The van der Waals surface area contributed by atoms with Crippen LogP contribution in [0.15, 0.2) is 22.7 Å². The van der Waals surface area contributed by atoms with E-state index in [4.69, 9.17) is 16.3 Å². The molecule has 19 heavy (non-hydrogen) atoms. The first-order valence-corrected chi connectivity index (χ1v) is 6.65. The number of rotatable bonds is 3. The fourth-order valence-corrected chi connectivity index (χ4v) is 2.08. The van der Waals surface area contributed by atoms with Crippen molar-refractivity contribution in [3.8, 4) is 11.8 Å². The monoisotopic (exact) mass is 342 g/mol. The van der Waals surface area contributed by atoms with Crippen molar-refractivity contribution in [1.82, 2.24) is 15.0 Å². The zero-order valence-electron chi connectivity index (χ0n) is 10.7. The highest BCUT2D eigenvalue weighted by Gasteiger charge is 2.10. The van der Waals surface area contributed by atoms with Crippen molar-refractivity contribution in [3.05, 3.63) is 33.5 Å². The van der Waals surface area contributed by atoms with Crippen LogP contribution < -0.4 is 9.64 Å². The fraction of sp³-hybridized carbons (Fsp3) is 0.250. The number of halogens is 2. The summed E-state index contributed by atoms with van der Waals surface area (Å²) in [7, 11) is 3.63. The molecule has 0 aliphatic rings. The minimum Gasteiger partial charge on any atom is -0.423 e. The highest BCUT2D eigenvalue weighted by Crippen LogP contribution is 2.29. The summed E-state index contributed by atoms with van der Waals surface area (Å²) in [6, 6.07) is 5.89. The van der Waals surface area contributed by atoms with Gasteiger partial charge in [-0.1, -0.05) is 6.07 Å². The molecule has 0 saturated heterocycles. The molecule has 1 heterocycles. The van der Waals surface area contributed by atoms with Crippen LogP contribution in [0.3, 0.4) is 0 Å². The Labute approximate surface area is 124 Å². The first-order valence-electron chi connectivity index (χ1n) is 5.48. The SMILES string of the molecule is Cc1ccc(Oc2nc(Cl)nc(N(C)C)n2)c(Br)c1. The fourth-order valence-electron chi connectivity index (χ4n) is 1.35. The third-order valence-electron chi connectivity index (χ3n) is 2.26. The summed E-state index contributed by atoms with van der Waals surface area (Å²) in [6.07, 6.45) is 0. The van der Waals surface area contributed by atoms with Gasteiger partial charge < -0.3 is 9.64 Å². The molecule has 0 bridgehead atoms. The predicted molar refractivity (Wildman–Crippen MR) is 78.1 cm³/mol. The summed E-state index contributed by atoms with van der Waals surface area (Å²) in [4.78, 5) is 13.8. The van der Waals surface area contributed by atoms with Gasteiger partial charge in [0, 0.05) is 14.1 Å². The molecule has 0 unspecified atom stereocenters. The van der Waals surface area contributed by atoms with Gasteiger partial charge in [-0.05, 0) is 52.2 Å². The molecule has 0 atom stereocenters. The van der Waals surface area contributed by atoms with Gasteiger partial charge in [0.05, 0.1) is 4.47 Å². The quantitative estimate of drug-likeness (QED) is 0.854. The van der Waals surface area contributed by atoms with E-state index in [9.17, 15) is 0 Å². The second kappa shape index (κ2) is 5.71. The number of aryl methyl sites for hydroxylation is 1. The smallest absolute Gasteiger partial charge is 0.328 e. The number of aromatic nitrogens is 3. The average Bonchev–Trinajstić information content (AvgIpc) is 2.32. The lowest BCUT2D eigenvalue weighted by Gasteiger charge is -2.11. The minimum absolute atomic E-state index is 0.0944. The second-order valence-corrected chi connectivity index (χ2v) is 5.31. The van der Waals surface area contributed by atoms with Gasteiger partial charge in [-0.15, -0.1) is 0 Å². The molecule has 100 valence electrons. The second-order valence-electron chi connectivity index (χ2n) is 4.12. The van der Waals surface area contributed by atoms with E-state index in [1.165, 1.54) is 0 Å². The highest BCUT2D eigenvalue weighted by molar-refractivity contribution is 9.10. The molecule has 0 N–H and O–H groups in total. The summed E-state index contributed by atoms with van der Waals surface area (Å²) in [5.74, 6) is 1.07. The Kier molecular flexibility index (Phi) is 4.21. The Morgan fingerprint density at radius 3 is 2.58 bits per heavy atom. The van der Waals surface area contributed by atoms with Crippen molar-refractivity contribution in [1.29, 1.82) is 0 Å². The predicted octanol–water partition coefficient (Wildman–Crippen LogP) is 3.45. The van der Waals surface area contributed by atoms with Gasteiger partial charge >= 0.3 is 6.01 Å². The van der Waals surface area contributed by atoms with Crippen molar-refractivity contribution < 1.29 is 4.74 Å². The number of hydrogen-bond donors (Lipinski definition) is 0. The van der Waals surface area contributed by atoms with E-state index in [1.807, 2.05) is 39.2 Å². The maximum absolute atomic E-state index is 5.84. The van der Waals surface area contributed by atoms with E-state index in [2.05, 4.69) is 30.9 Å². The van der Waals surface area contributed by atoms with Crippen LogP contribution in [0.5, 0.6) is 11.8 Å². The molecule has 0 spiro atoms. The third-order valence-corrected chi connectivity index (χ3v) is 3.05. The number of nitrogens with zero attached hydrogens (tertiary/aromatic N) is 4. The third kappa shape index (κ3) is 3.54. The van der Waals surface area contributed by atoms with E-state index in [-0.39, 0.29) is 11.3 Å². The average molecular weight is 344 g/mol. The van der Waals surface area contributed by atoms with E-state index in [1.54, 1.807) is 4.90 Å². The van der Waals surface area contributed by atoms with Crippen molar-refractivity contribution in [3.63, 3.8) is 0 Å². The van der Waals surface area contributed by atoms with E-state index in [0.29, 0.717) is 11.7 Å². The first-order chi connectivity index (χ1) is 8.95. The molecule has 0 radical (unpaired) electrons. The lowest BCUT2D eigenvalue weighted by Crippen LogP contribution is -2.13. The van der Waals surface area contributed by atoms with Crippen molar-refractivity contribution in [2.24, 2.45) is 0 Å². The minimum atomic E-state index is 0.0944. The van der Waals surface area contributed by atoms with Crippen LogP contribution in [-0.2, 0) is 0 Å². The van der Waals surface area contributed by atoms with Crippen LogP contribution in [0, 0.1) is 6.92 Å². The molecule has 2 rings (SSSR count). The molecule has 0 amide bonds. The van der Waals surface area contributed by atoms with Gasteiger partial charge in [0.25, 0.3) is 0 Å². The van der Waals surface area contributed by atoms with Crippen molar-refractivity contribution in [2.45, 2.75) is 6.92 Å². The van der Waals surface area contributed by atoms with Crippen LogP contribution in [-0.4, -0.2) is 29.0 Å². The largest absolute Gasteiger partial charge is 0.423 e. The van der Waals surface area contributed by atoms with Gasteiger partial charge in [0.1, 0.15) is 5.75 Å². The van der Waals surface area contributed by atoms with Crippen LogP contribution in [0.2, 0.25) is 5.28 Å². The Morgan fingerprint density at radius 1 is 1.21 bits per heavy atom. The zero-order chi connectivity index (χ0) is 14.0. The maximum atomic E-state index is 5.84. The summed E-state index contributed by atoms with van der Waals surface area (Å²) >= 11 is 9.28. The molecular formula is C12H12BrClN4O. The molecule has 0 aliphatic carbocycles. The molecule has 7 heteroatoms. The summed E-state index contributed by atoms with van der Waals surface area (Å²) in [5.41, 5.74) is 1.13. The Morgan fingerprint density at radius 2 is 1.95 bits per heavy atom. The van der Waals surface area contributed by atoms with Gasteiger partial charge in [-0.25, -0.2) is 0 Å². The molecule has 1 aromatic carbocycles. The number of anilines is 1. The van der Waals surface area contributed by atoms with E-state index >= 15 is 0 Å². The number of hydrogen-bond acceptors (Lipinski definition) is 5. The normalized spacial score (nSPS) is 10.4. The summed E-state index contributed by atoms with van der Waals surface area (Å²) in [6.45, 7) is 2.00. The summed E-state index contributed by atoms with van der Waals surface area (Å²) < 4.78 is 6.44. The Balaban J connectivity index is 2.32. The lowest BCUT2D eigenvalue weighted by atomic mass is 10.2. The maximum Gasteiger partial charge on any atom is 0.328 e. The van der Waals surface area contributed by atoms with Crippen LogP contribution >= 0.6 is 27.5 Å². The van der Waals surface area contributed by atoms with E-state index < -0.39 is 0 Å². The van der Waals surface area contributed by atoms with Crippen molar-refractivity contribution in [2.75, 3.05) is 19.0 Å². The first kappa shape index (κ1) is 14.0. The number of ether oxygens (including phenoxy) is 1.